The van der Waals surface area contributed by atoms with Crippen LogP contribution in [0.4, 0.5) is 5.69 Å². The maximum absolute atomic E-state index is 12.2. The van der Waals surface area contributed by atoms with Gasteiger partial charge < -0.3 is 25.1 Å². The van der Waals surface area contributed by atoms with Crippen LogP contribution in [0.15, 0.2) is 12.1 Å². The standard InChI is InChI=1S/C22H35BN2O5/c1-13-10-15(23-29-21(6,7)22(8,9)30-23)11-16(18(24)14(2)26)19(13)25-12-17(27)28-20(3,4)5/h10-11,18,25H,12,24H2,1-9H3. The van der Waals surface area contributed by atoms with Crippen molar-refractivity contribution in [1.29, 1.82) is 0 Å². The Morgan fingerprint density at radius 1 is 1.17 bits per heavy atom. The second-order valence-electron chi connectivity index (χ2n) is 9.92. The number of ketones is 1. The number of esters is 1. The first kappa shape index (κ1) is 24.4. The summed E-state index contributed by atoms with van der Waals surface area (Å²) in [5, 5.41) is 3.10. The second kappa shape index (κ2) is 8.32. The first-order valence-corrected chi connectivity index (χ1v) is 10.3. The summed E-state index contributed by atoms with van der Waals surface area (Å²) < 4.78 is 17.7. The van der Waals surface area contributed by atoms with Gasteiger partial charge in [-0.25, -0.2) is 0 Å². The summed E-state index contributed by atoms with van der Waals surface area (Å²) in [6, 6.07) is 2.90. The molecule has 0 aliphatic carbocycles. The molecule has 1 unspecified atom stereocenters. The van der Waals surface area contributed by atoms with Gasteiger partial charge in [-0.15, -0.1) is 0 Å². The van der Waals surface area contributed by atoms with Gasteiger partial charge in [0.15, 0.2) is 5.78 Å². The van der Waals surface area contributed by atoms with Crippen LogP contribution >= 0.6 is 0 Å². The van der Waals surface area contributed by atoms with E-state index in [-0.39, 0.29) is 18.3 Å². The zero-order valence-corrected chi connectivity index (χ0v) is 19.6. The molecule has 166 valence electrons. The number of nitrogens with one attached hydrogen (secondary N) is 1. The number of ether oxygens (including phenoxy) is 1. The van der Waals surface area contributed by atoms with E-state index < -0.39 is 30.0 Å². The number of carbonyl (C=O) groups is 2. The van der Waals surface area contributed by atoms with Crippen LogP contribution in [0.5, 0.6) is 0 Å². The number of anilines is 1. The minimum absolute atomic E-state index is 0.0361. The quantitative estimate of drug-likeness (QED) is 0.541. The summed E-state index contributed by atoms with van der Waals surface area (Å²) >= 11 is 0. The highest BCUT2D eigenvalue weighted by atomic mass is 16.7. The van der Waals surface area contributed by atoms with Crippen LogP contribution in [-0.2, 0) is 23.6 Å². The lowest BCUT2D eigenvalue weighted by Crippen LogP contribution is -2.41. The molecular weight excluding hydrogens is 383 g/mol. The number of benzene rings is 1. The van der Waals surface area contributed by atoms with Crippen LogP contribution in [-0.4, -0.2) is 42.2 Å². The zero-order chi connectivity index (χ0) is 23.1. The fourth-order valence-corrected chi connectivity index (χ4v) is 3.20. The van der Waals surface area contributed by atoms with Gasteiger partial charge in [-0.05, 0) is 78.9 Å². The van der Waals surface area contributed by atoms with Crippen LogP contribution in [0.3, 0.4) is 0 Å². The van der Waals surface area contributed by atoms with Gasteiger partial charge in [0.2, 0.25) is 0 Å². The predicted molar refractivity (Wildman–Crippen MR) is 119 cm³/mol. The van der Waals surface area contributed by atoms with Crippen molar-refractivity contribution < 1.29 is 23.6 Å². The Morgan fingerprint density at radius 2 is 1.70 bits per heavy atom. The summed E-state index contributed by atoms with van der Waals surface area (Å²) in [7, 11) is -0.577. The maximum Gasteiger partial charge on any atom is 0.494 e. The van der Waals surface area contributed by atoms with Crippen molar-refractivity contribution >= 4 is 30.0 Å². The van der Waals surface area contributed by atoms with Crippen molar-refractivity contribution in [2.24, 2.45) is 5.73 Å². The molecule has 1 aliphatic rings. The van der Waals surface area contributed by atoms with Gasteiger partial charge in [-0.3, -0.25) is 9.59 Å². The summed E-state index contributed by atoms with van der Waals surface area (Å²) in [5.41, 5.74) is 7.50. The molecule has 1 aliphatic heterocycles. The average Bonchev–Trinajstić information content (AvgIpc) is 2.78. The summed E-state index contributed by atoms with van der Waals surface area (Å²) in [5.74, 6) is -0.569. The topological polar surface area (TPSA) is 99.9 Å². The van der Waals surface area contributed by atoms with Crippen LogP contribution in [0, 0.1) is 6.92 Å². The molecule has 1 heterocycles. The van der Waals surface area contributed by atoms with Crippen LogP contribution < -0.4 is 16.5 Å². The van der Waals surface area contributed by atoms with E-state index in [0.717, 1.165) is 11.0 Å². The van der Waals surface area contributed by atoms with Gasteiger partial charge in [0.25, 0.3) is 0 Å². The highest BCUT2D eigenvalue weighted by Crippen LogP contribution is 2.37. The molecule has 3 N–H and O–H groups in total. The Kier molecular flexibility index (Phi) is 6.76. The van der Waals surface area contributed by atoms with Crippen molar-refractivity contribution in [3.05, 3.63) is 23.3 Å². The monoisotopic (exact) mass is 418 g/mol. The van der Waals surface area contributed by atoms with Crippen molar-refractivity contribution in [3.63, 3.8) is 0 Å². The van der Waals surface area contributed by atoms with Gasteiger partial charge in [0, 0.05) is 5.69 Å². The SMILES string of the molecule is CC(=O)C(N)c1cc(B2OC(C)(C)C(C)(C)O2)cc(C)c1NCC(=O)OC(C)(C)C. The predicted octanol–water partition coefficient (Wildman–Crippen LogP) is 2.64. The van der Waals surface area contributed by atoms with E-state index in [1.54, 1.807) is 0 Å². The van der Waals surface area contributed by atoms with E-state index in [9.17, 15) is 9.59 Å². The minimum atomic E-state index is -0.841. The van der Waals surface area contributed by atoms with Crippen LogP contribution in [0.2, 0.25) is 0 Å². The van der Waals surface area contributed by atoms with Gasteiger partial charge in [0.05, 0.1) is 17.2 Å². The van der Waals surface area contributed by atoms with Crippen LogP contribution in [0.1, 0.15) is 72.6 Å². The molecule has 1 atom stereocenters. The number of carbonyl (C=O) groups excluding carboxylic acids is 2. The molecule has 1 fully saturated rings. The smallest absolute Gasteiger partial charge is 0.459 e. The number of rotatable bonds is 6. The first-order valence-electron chi connectivity index (χ1n) is 10.3. The lowest BCUT2D eigenvalue weighted by Gasteiger charge is -2.32. The summed E-state index contributed by atoms with van der Waals surface area (Å²) in [6.07, 6.45) is 0. The van der Waals surface area contributed by atoms with Crippen molar-refractivity contribution in [2.45, 2.75) is 85.2 Å². The molecule has 0 bridgehead atoms. The van der Waals surface area contributed by atoms with E-state index in [4.69, 9.17) is 19.8 Å². The number of nitrogens with two attached hydrogens (primary N) is 1. The minimum Gasteiger partial charge on any atom is -0.459 e. The van der Waals surface area contributed by atoms with Gasteiger partial charge in [-0.1, -0.05) is 12.1 Å². The zero-order valence-electron chi connectivity index (χ0n) is 19.6. The molecule has 30 heavy (non-hydrogen) atoms. The largest absolute Gasteiger partial charge is 0.494 e. The summed E-state index contributed by atoms with van der Waals surface area (Å²) in [6.45, 7) is 16.7. The first-order chi connectivity index (χ1) is 13.5. The third kappa shape index (κ3) is 5.42. The Bertz CT molecular complexity index is 814. The molecule has 1 saturated heterocycles. The fraction of sp³-hybridized carbons (Fsp3) is 0.636. The fourth-order valence-electron chi connectivity index (χ4n) is 3.20. The van der Waals surface area contributed by atoms with Crippen LogP contribution in [0.25, 0.3) is 0 Å². The molecule has 0 radical (unpaired) electrons. The Balaban J connectivity index is 2.37. The highest BCUT2D eigenvalue weighted by Gasteiger charge is 2.51. The van der Waals surface area contributed by atoms with Crippen molar-refractivity contribution in [3.8, 4) is 0 Å². The number of Topliss-reactive ketones (excluding diaryl/α,β-unsaturated/α-hetero) is 1. The molecule has 0 aromatic heterocycles. The Morgan fingerprint density at radius 3 is 2.17 bits per heavy atom. The van der Waals surface area contributed by atoms with E-state index >= 15 is 0 Å². The molecule has 7 nitrogen and oxygen atoms in total. The van der Waals surface area contributed by atoms with Gasteiger partial charge in [-0.2, -0.15) is 0 Å². The van der Waals surface area contributed by atoms with Gasteiger partial charge >= 0.3 is 13.1 Å². The molecule has 0 spiro atoms. The van der Waals surface area contributed by atoms with E-state index in [1.165, 1.54) is 6.92 Å². The highest BCUT2D eigenvalue weighted by molar-refractivity contribution is 6.62. The normalized spacial score (nSPS) is 18.8. The third-order valence-corrected chi connectivity index (χ3v) is 5.52. The van der Waals surface area contributed by atoms with E-state index in [2.05, 4.69) is 5.32 Å². The maximum atomic E-state index is 12.2. The van der Waals surface area contributed by atoms with Gasteiger partial charge in [0.1, 0.15) is 12.1 Å². The second-order valence-corrected chi connectivity index (χ2v) is 9.92. The molecule has 1 aromatic carbocycles. The molecule has 0 amide bonds. The average molecular weight is 418 g/mol. The Hall–Kier alpha value is -1.90. The molecule has 8 heteroatoms. The molecule has 2 rings (SSSR count). The molecular formula is C22H35BN2O5. The lowest BCUT2D eigenvalue weighted by atomic mass is 9.76. The summed E-state index contributed by atoms with van der Waals surface area (Å²) in [4.78, 5) is 24.2. The number of hydrogen-bond acceptors (Lipinski definition) is 7. The van der Waals surface area contributed by atoms with E-state index in [0.29, 0.717) is 11.3 Å². The van der Waals surface area contributed by atoms with Crippen molar-refractivity contribution in [1.82, 2.24) is 0 Å². The van der Waals surface area contributed by atoms with Crippen molar-refractivity contribution in [2.75, 3.05) is 11.9 Å². The Labute approximate surface area is 180 Å². The molecule has 0 saturated carbocycles. The number of hydrogen-bond donors (Lipinski definition) is 2. The van der Waals surface area contributed by atoms with E-state index in [1.807, 2.05) is 67.5 Å². The lowest BCUT2D eigenvalue weighted by molar-refractivity contribution is -0.152. The third-order valence-electron chi connectivity index (χ3n) is 5.52. The molecule has 1 aromatic rings. The number of aryl methyl sites for hydroxylation is 1.